The Labute approximate surface area is 171 Å². The van der Waals surface area contributed by atoms with Crippen LogP contribution in [0.5, 0.6) is 5.75 Å². The molecule has 7 nitrogen and oxygen atoms in total. The lowest BCUT2D eigenvalue weighted by molar-refractivity contribution is -0.151. The number of methoxy groups -OCH3 is 1. The number of hydrogen-bond acceptors (Lipinski definition) is 5. The van der Waals surface area contributed by atoms with Crippen LogP contribution in [0.3, 0.4) is 0 Å². The number of esters is 1. The first kappa shape index (κ1) is 22.5. The molecular weight excluding hydrogens is 372 g/mol. The van der Waals surface area contributed by atoms with E-state index in [0.717, 1.165) is 30.6 Å². The third-order valence-electron chi connectivity index (χ3n) is 5.06. The summed E-state index contributed by atoms with van der Waals surface area (Å²) in [5.41, 5.74) is 0.824. The number of rotatable bonds is 8. The summed E-state index contributed by atoms with van der Waals surface area (Å²) in [5, 5.41) is 5.45. The standard InChI is InChI=1S/C22H30N2O5/c1-15-6-4-5-7-19(15)24-21(26)14-29-22(27)16(2)23-20(25)13-10-17-8-11-18(28-3)12-9-17/h8-13,15-16,19H,4-7,14H2,1-3H3,(H,23,25)(H,24,26)/b13-10+/t15-,16-,19+/m0/s1. The molecule has 0 unspecified atom stereocenters. The third-order valence-corrected chi connectivity index (χ3v) is 5.06. The van der Waals surface area contributed by atoms with Crippen molar-refractivity contribution in [2.24, 2.45) is 5.92 Å². The van der Waals surface area contributed by atoms with Gasteiger partial charge >= 0.3 is 5.97 Å². The molecule has 1 fully saturated rings. The monoisotopic (exact) mass is 402 g/mol. The predicted molar refractivity (Wildman–Crippen MR) is 110 cm³/mol. The Kier molecular flexibility index (Phi) is 8.70. The molecule has 0 heterocycles. The lowest BCUT2D eigenvalue weighted by Gasteiger charge is -2.29. The van der Waals surface area contributed by atoms with Gasteiger partial charge < -0.3 is 20.1 Å². The molecule has 2 rings (SSSR count). The number of nitrogens with one attached hydrogen (secondary N) is 2. The Bertz CT molecular complexity index is 729. The normalized spacial score (nSPS) is 20.0. The van der Waals surface area contributed by atoms with E-state index in [1.807, 2.05) is 12.1 Å². The topological polar surface area (TPSA) is 93.7 Å². The number of carbonyl (C=O) groups is 3. The predicted octanol–water partition coefficient (Wildman–Crippen LogP) is 2.45. The van der Waals surface area contributed by atoms with Crippen molar-refractivity contribution in [1.82, 2.24) is 10.6 Å². The maximum absolute atomic E-state index is 12.0. The van der Waals surface area contributed by atoms with Crippen LogP contribution in [-0.2, 0) is 19.1 Å². The molecule has 1 aromatic carbocycles. The average Bonchev–Trinajstić information content (AvgIpc) is 2.72. The summed E-state index contributed by atoms with van der Waals surface area (Å²) in [6, 6.07) is 6.48. The van der Waals surface area contributed by atoms with E-state index in [4.69, 9.17) is 9.47 Å². The lowest BCUT2D eigenvalue weighted by Crippen LogP contribution is -2.44. The first-order chi connectivity index (χ1) is 13.9. The highest BCUT2D eigenvalue weighted by Gasteiger charge is 2.24. The third kappa shape index (κ3) is 7.60. The quantitative estimate of drug-likeness (QED) is 0.515. The van der Waals surface area contributed by atoms with Crippen LogP contribution >= 0.6 is 0 Å². The van der Waals surface area contributed by atoms with Crippen LogP contribution < -0.4 is 15.4 Å². The van der Waals surface area contributed by atoms with Crippen LogP contribution in [0.25, 0.3) is 6.08 Å². The first-order valence-corrected chi connectivity index (χ1v) is 9.97. The fraction of sp³-hybridized carbons (Fsp3) is 0.500. The largest absolute Gasteiger partial charge is 0.497 e. The minimum atomic E-state index is -0.857. The number of benzene rings is 1. The van der Waals surface area contributed by atoms with Crippen molar-refractivity contribution in [3.63, 3.8) is 0 Å². The van der Waals surface area contributed by atoms with Crippen molar-refractivity contribution in [3.05, 3.63) is 35.9 Å². The highest BCUT2D eigenvalue weighted by atomic mass is 16.5. The summed E-state index contributed by atoms with van der Waals surface area (Å²) in [7, 11) is 1.58. The van der Waals surface area contributed by atoms with Crippen molar-refractivity contribution >= 4 is 23.9 Å². The van der Waals surface area contributed by atoms with Crippen LogP contribution in [0.2, 0.25) is 0 Å². The van der Waals surface area contributed by atoms with Crippen LogP contribution in [-0.4, -0.2) is 43.6 Å². The molecule has 0 aromatic heterocycles. The fourth-order valence-corrected chi connectivity index (χ4v) is 3.25. The Balaban J connectivity index is 1.72. The van der Waals surface area contributed by atoms with Crippen molar-refractivity contribution < 1.29 is 23.9 Å². The van der Waals surface area contributed by atoms with E-state index in [0.29, 0.717) is 5.92 Å². The van der Waals surface area contributed by atoms with Gasteiger partial charge in [-0.2, -0.15) is 0 Å². The van der Waals surface area contributed by atoms with Gasteiger partial charge in [0.25, 0.3) is 5.91 Å². The smallest absolute Gasteiger partial charge is 0.328 e. The Morgan fingerprint density at radius 1 is 1.17 bits per heavy atom. The Hall–Kier alpha value is -2.83. The second kappa shape index (κ2) is 11.2. The van der Waals surface area contributed by atoms with E-state index >= 15 is 0 Å². The maximum Gasteiger partial charge on any atom is 0.328 e. The van der Waals surface area contributed by atoms with E-state index in [2.05, 4.69) is 17.6 Å². The van der Waals surface area contributed by atoms with Gasteiger partial charge in [0.1, 0.15) is 11.8 Å². The van der Waals surface area contributed by atoms with E-state index in [9.17, 15) is 14.4 Å². The molecule has 0 bridgehead atoms. The first-order valence-electron chi connectivity index (χ1n) is 9.97. The zero-order valence-electron chi connectivity index (χ0n) is 17.3. The van der Waals surface area contributed by atoms with Crippen molar-refractivity contribution in [2.75, 3.05) is 13.7 Å². The van der Waals surface area contributed by atoms with E-state index < -0.39 is 17.9 Å². The second-order valence-electron chi connectivity index (χ2n) is 7.38. The molecule has 2 amide bonds. The molecule has 158 valence electrons. The minimum Gasteiger partial charge on any atom is -0.497 e. The molecule has 0 radical (unpaired) electrons. The van der Waals surface area contributed by atoms with Crippen LogP contribution in [0.1, 0.15) is 45.1 Å². The van der Waals surface area contributed by atoms with Crippen molar-refractivity contribution in [1.29, 1.82) is 0 Å². The number of carbonyl (C=O) groups excluding carboxylic acids is 3. The Morgan fingerprint density at radius 2 is 1.86 bits per heavy atom. The lowest BCUT2D eigenvalue weighted by atomic mass is 9.86. The molecule has 0 aliphatic heterocycles. The SMILES string of the molecule is COc1ccc(/C=C/C(=O)N[C@@H](C)C(=O)OCC(=O)N[C@@H]2CCCC[C@@H]2C)cc1. The summed E-state index contributed by atoms with van der Waals surface area (Å²) in [4.78, 5) is 36.0. The summed E-state index contributed by atoms with van der Waals surface area (Å²) in [6.45, 7) is 3.29. The molecule has 1 aliphatic rings. The molecule has 1 saturated carbocycles. The second-order valence-corrected chi connectivity index (χ2v) is 7.38. The van der Waals surface area contributed by atoms with Gasteiger partial charge in [-0.3, -0.25) is 9.59 Å². The zero-order chi connectivity index (χ0) is 21.2. The van der Waals surface area contributed by atoms with E-state index in [1.54, 1.807) is 25.3 Å². The molecule has 0 saturated heterocycles. The number of ether oxygens (including phenoxy) is 2. The van der Waals surface area contributed by atoms with Crippen molar-refractivity contribution in [2.45, 2.75) is 51.6 Å². The van der Waals surface area contributed by atoms with Gasteiger partial charge in [-0.1, -0.05) is 31.9 Å². The molecule has 1 aromatic rings. The van der Waals surface area contributed by atoms with Gasteiger partial charge in [-0.25, -0.2) is 4.79 Å². The molecule has 7 heteroatoms. The van der Waals surface area contributed by atoms with Gasteiger partial charge in [0.15, 0.2) is 6.61 Å². The average molecular weight is 402 g/mol. The summed E-state index contributed by atoms with van der Waals surface area (Å²) >= 11 is 0. The molecule has 0 spiro atoms. The molecule has 2 N–H and O–H groups in total. The number of hydrogen-bond donors (Lipinski definition) is 2. The fourth-order valence-electron chi connectivity index (χ4n) is 3.25. The highest BCUT2D eigenvalue weighted by molar-refractivity contribution is 5.94. The summed E-state index contributed by atoms with van der Waals surface area (Å²) < 4.78 is 10.1. The summed E-state index contributed by atoms with van der Waals surface area (Å²) in [6.07, 6.45) is 7.30. The summed E-state index contributed by atoms with van der Waals surface area (Å²) in [5.74, 6) is -0.229. The number of amides is 2. The van der Waals surface area contributed by atoms with Gasteiger partial charge in [0.05, 0.1) is 7.11 Å². The Morgan fingerprint density at radius 3 is 2.52 bits per heavy atom. The molecular formula is C22H30N2O5. The van der Waals surface area contributed by atoms with Gasteiger partial charge in [-0.05, 0) is 49.5 Å². The van der Waals surface area contributed by atoms with Crippen LogP contribution in [0.4, 0.5) is 0 Å². The van der Waals surface area contributed by atoms with E-state index in [-0.39, 0.29) is 18.6 Å². The minimum absolute atomic E-state index is 0.134. The van der Waals surface area contributed by atoms with Crippen LogP contribution in [0, 0.1) is 5.92 Å². The molecule has 1 aliphatic carbocycles. The molecule has 3 atom stereocenters. The van der Waals surface area contributed by atoms with Gasteiger partial charge in [-0.15, -0.1) is 0 Å². The highest BCUT2D eigenvalue weighted by Crippen LogP contribution is 2.23. The van der Waals surface area contributed by atoms with Crippen molar-refractivity contribution in [3.8, 4) is 5.75 Å². The maximum atomic E-state index is 12.0. The molecule has 29 heavy (non-hydrogen) atoms. The zero-order valence-corrected chi connectivity index (χ0v) is 17.3. The van der Waals surface area contributed by atoms with E-state index in [1.165, 1.54) is 19.4 Å². The van der Waals surface area contributed by atoms with Gasteiger partial charge in [0.2, 0.25) is 5.91 Å². The van der Waals surface area contributed by atoms with Crippen LogP contribution in [0.15, 0.2) is 30.3 Å². The van der Waals surface area contributed by atoms with Gasteiger partial charge in [0, 0.05) is 12.1 Å².